The average Bonchev–Trinajstić information content (AvgIpc) is 2.32. The topological polar surface area (TPSA) is 3.24 Å². The van der Waals surface area contributed by atoms with Crippen LogP contribution in [-0.4, -0.2) is 23.9 Å². The van der Waals surface area contributed by atoms with E-state index in [9.17, 15) is 0 Å². The van der Waals surface area contributed by atoms with Gasteiger partial charge in [0, 0.05) is 23.4 Å². The molecule has 1 saturated heterocycles. The van der Waals surface area contributed by atoms with Gasteiger partial charge >= 0.3 is 0 Å². The zero-order valence-electron chi connectivity index (χ0n) is 9.33. The summed E-state index contributed by atoms with van der Waals surface area (Å²) in [5.74, 6) is 1.48. The number of benzene rings is 1. The summed E-state index contributed by atoms with van der Waals surface area (Å²) < 4.78 is 1.21. The smallest absolute Gasteiger partial charge is 0.0263 e. The van der Waals surface area contributed by atoms with Crippen molar-refractivity contribution in [2.75, 3.05) is 19.0 Å². The standard InChI is InChI=1S/C13H17BrClN/c14-13-6-2-1-5-12(13)10-16-7-3-4-11(8-15)9-16/h1-2,5-6,11H,3-4,7-10H2. The first kappa shape index (κ1) is 12.4. The molecule has 0 saturated carbocycles. The largest absolute Gasteiger partial charge is 0.299 e. The molecule has 1 nitrogen and oxygen atoms in total. The van der Waals surface area contributed by atoms with Crippen LogP contribution in [0.3, 0.4) is 0 Å². The van der Waals surface area contributed by atoms with Gasteiger partial charge < -0.3 is 0 Å². The molecule has 0 spiro atoms. The van der Waals surface area contributed by atoms with E-state index >= 15 is 0 Å². The number of halogens is 2. The van der Waals surface area contributed by atoms with Crippen LogP contribution in [0.25, 0.3) is 0 Å². The summed E-state index contributed by atoms with van der Waals surface area (Å²) in [4.78, 5) is 2.51. The lowest BCUT2D eigenvalue weighted by Gasteiger charge is -2.31. The van der Waals surface area contributed by atoms with Gasteiger partial charge in [-0.1, -0.05) is 34.1 Å². The number of hydrogen-bond donors (Lipinski definition) is 0. The van der Waals surface area contributed by atoms with Crippen LogP contribution in [0.4, 0.5) is 0 Å². The molecule has 1 fully saturated rings. The van der Waals surface area contributed by atoms with Crippen molar-refractivity contribution in [3.63, 3.8) is 0 Å². The van der Waals surface area contributed by atoms with Gasteiger partial charge in [-0.2, -0.15) is 0 Å². The molecule has 1 aliphatic heterocycles. The predicted molar refractivity (Wildman–Crippen MR) is 72.9 cm³/mol. The minimum atomic E-state index is 0.679. The lowest BCUT2D eigenvalue weighted by atomic mass is 9.99. The highest BCUT2D eigenvalue weighted by Crippen LogP contribution is 2.22. The van der Waals surface area contributed by atoms with E-state index < -0.39 is 0 Å². The molecule has 0 aliphatic carbocycles. The molecule has 1 aliphatic rings. The van der Waals surface area contributed by atoms with Gasteiger partial charge in [0.25, 0.3) is 0 Å². The number of hydrogen-bond acceptors (Lipinski definition) is 1. The minimum absolute atomic E-state index is 0.679. The Morgan fingerprint density at radius 1 is 1.38 bits per heavy atom. The van der Waals surface area contributed by atoms with Gasteiger partial charge in [-0.15, -0.1) is 11.6 Å². The maximum absolute atomic E-state index is 5.94. The summed E-state index contributed by atoms with van der Waals surface area (Å²) in [6.07, 6.45) is 2.57. The number of rotatable bonds is 3. The van der Waals surface area contributed by atoms with Crippen LogP contribution in [0.5, 0.6) is 0 Å². The average molecular weight is 303 g/mol. The Morgan fingerprint density at radius 3 is 2.94 bits per heavy atom. The van der Waals surface area contributed by atoms with Crippen LogP contribution in [0.15, 0.2) is 28.7 Å². The van der Waals surface area contributed by atoms with Crippen molar-refractivity contribution < 1.29 is 0 Å². The van der Waals surface area contributed by atoms with Crippen molar-refractivity contribution in [2.24, 2.45) is 5.92 Å². The molecule has 1 atom stereocenters. The first-order chi connectivity index (χ1) is 7.79. The highest BCUT2D eigenvalue weighted by Gasteiger charge is 2.19. The van der Waals surface area contributed by atoms with E-state index in [4.69, 9.17) is 11.6 Å². The van der Waals surface area contributed by atoms with Crippen molar-refractivity contribution in [1.82, 2.24) is 4.90 Å². The van der Waals surface area contributed by atoms with Gasteiger partial charge in [0.15, 0.2) is 0 Å². The van der Waals surface area contributed by atoms with Crippen LogP contribution in [0.1, 0.15) is 18.4 Å². The molecular formula is C13H17BrClN. The molecule has 2 rings (SSSR count). The molecule has 0 bridgehead atoms. The molecule has 0 aromatic heterocycles. The molecule has 3 heteroatoms. The second-order valence-corrected chi connectivity index (χ2v) is 5.65. The maximum atomic E-state index is 5.94. The second-order valence-electron chi connectivity index (χ2n) is 4.49. The minimum Gasteiger partial charge on any atom is -0.299 e. The Bertz CT molecular complexity index is 342. The molecule has 0 radical (unpaired) electrons. The summed E-state index contributed by atoms with van der Waals surface area (Å²) >= 11 is 9.55. The van der Waals surface area contributed by atoms with E-state index in [-0.39, 0.29) is 0 Å². The fourth-order valence-corrected chi connectivity index (χ4v) is 2.95. The molecular weight excluding hydrogens is 286 g/mol. The first-order valence-electron chi connectivity index (χ1n) is 5.81. The monoisotopic (exact) mass is 301 g/mol. The van der Waals surface area contributed by atoms with Crippen LogP contribution >= 0.6 is 27.5 Å². The number of nitrogens with zero attached hydrogens (tertiary/aromatic N) is 1. The van der Waals surface area contributed by atoms with Gasteiger partial charge in [-0.3, -0.25) is 4.90 Å². The van der Waals surface area contributed by atoms with Crippen LogP contribution in [0.2, 0.25) is 0 Å². The van der Waals surface area contributed by atoms with E-state index in [1.54, 1.807) is 0 Å². The molecule has 1 aromatic rings. The second kappa shape index (κ2) is 6.04. The van der Waals surface area contributed by atoms with Crippen molar-refractivity contribution in [3.05, 3.63) is 34.3 Å². The molecule has 1 heterocycles. The molecule has 16 heavy (non-hydrogen) atoms. The van der Waals surface area contributed by atoms with Gasteiger partial charge in [0.05, 0.1) is 0 Å². The number of alkyl halides is 1. The zero-order valence-corrected chi connectivity index (χ0v) is 11.7. The van der Waals surface area contributed by atoms with Crippen molar-refractivity contribution in [2.45, 2.75) is 19.4 Å². The van der Waals surface area contributed by atoms with Crippen molar-refractivity contribution in [1.29, 1.82) is 0 Å². The molecule has 1 aromatic carbocycles. The maximum Gasteiger partial charge on any atom is 0.0263 e. The van der Waals surface area contributed by atoms with Crippen molar-refractivity contribution in [3.8, 4) is 0 Å². The van der Waals surface area contributed by atoms with E-state index in [1.807, 2.05) is 0 Å². The third-order valence-corrected chi connectivity index (χ3v) is 4.38. The van der Waals surface area contributed by atoms with Gasteiger partial charge in [0.2, 0.25) is 0 Å². The van der Waals surface area contributed by atoms with Crippen LogP contribution in [-0.2, 0) is 6.54 Å². The highest BCUT2D eigenvalue weighted by atomic mass is 79.9. The highest BCUT2D eigenvalue weighted by molar-refractivity contribution is 9.10. The first-order valence-corrected chi connectivity index (χ1v) is 7.14. The van der Waals surface area contributed by atoms with Gasteiger partial charge in [-0.25, -0.2) is 0 Å². The number of piperidine rings is 1. The Balaban J connectivity index is 1.97. The zero-order chi connectivity index (χ0) is 11.4. The van der Waals surface area contributed by atoms with E-state index in [1.165, 1.54) is 29.4 Å². The summed E-state index contributed by atoms with van der Waals surface area (Å²) in [5, 5.41) is 0. The fraction of sp³-hybridized carbons (Fsp3) is 0.538. The van der Waals surface area contributed by atoms with E-state index in [0.29, 0.717) is 5.92 Å². The van der Waals surface area contributed by atoms with Gasteiger partial charge in [0.1, 0.15) is 0 Å². The molecule has 88 valence electrons. The third-order valence-electron chi connectivity index (χ3n) is 3.17. The van der Waals surface area contributed by atoms with Crippen LogP contribution < -0.4 is 0 Å². The Labute approximate surface area is 111 Å². The lowest BCUT2D eigenvalue weighted by Crippen LogP contribution is -2.35. The third kappa shape index (κ3) is 3.22. The van der Waals surface area contributed by atoms with Crippen molar-refractivity contribution >= 4 is 27.5 Å². The Morgan fingerprint density at radius 2 is 2.19 bits per heavy atom. The quantitative estimate of drug-likeness (QED) is 0.766. The molecule has 0 amide bonds. The van der Waals surface area contributed by atoms with Gasteiger partial charge in [-0.05, 0) is 36.9 Å². The van der Waals surface area contributed by atoms with E-state index in [2.05, 4.69) is 45.1 Å². The summed E-state index contributed by atoms with van der Waals surface area (Å²) in [7, 11) is 0. The predicted octanol–water partition coefficient (Wildman–Crippen LogP) is 3.90. The normalized spacial score (nSPS) is 22.2. The SMILES string of the molecule is ClCC1CCCN(Cc2ccccc2Br)C1. The fourth-order valence-electron chi connectivity index (χ4n) is 2.29. The Kier molecular flexibility index (Phi) is 4.68. The number of likely N-dealkylation sites (tertiary alicyclic amines) is 1. The van der Waals surface area contributed by atoms with Crippen LogP contribution in [0, 0.1) is 5.92 Å². The lowest BCUT2D eigenvalue weighted by molar-refractivity contribution is 0.178. The summed E-state index contributed by atoms with van der Waals surface area (Å²) in [6.45, 7) is 3.38. The summed E-state index contributed by atoms with van der Waals surface area (Å²) in [6, 6.07) is 8.46. The Hall–Kier alpha value is -0.0500. The molecule has 1 unspecified atom stereocenters. The van der Waals surface area contributed by atoms with E-state index in [0.717, 1.165) is 19.0 Å². The molecule has 0 N–H and O–H groups in total. The summed E-state index contributed by atoms with van der Waals surface area (Å²) in [5.41, 5.74) is 1.37.